The van der Waals surface area contributed by atoms with Crippen LogP contribution < -0.4 is 5.32 Å². The van der Waals surface area contributed by atoms with Crippen molar-refractivity contribution < 1.29 is 4.79 Å². The van der Waals surface area contributed by atoms with Crippen molar-refractivity contribution in [3.63, 3.8) is 0 Å². The molecule has 1 N–H and O–H groups in total. The fourth-order valence-corrected chi connectivity index (χ4v) is 1.34. The second-order valence-electron chi connectivity index (χ2n) is 3.42. The van der Waals surface area contributed by atoms with Gasteiger partial charge in [-0.05, 0) is 24.3 Å². The molecule has 0 aliphatic rings. The number of carbonyl (C=O) groups is 1. The summed E-state index contributed by atoms with van der Waals surface area (Å²) in [5.74, 6) is -0.117. The van der Waals surface area contributed by atoms with Crippen molar-refractivity contribution in [3.8, 4) is 0 Å². The van der Waals surface area contributed by atoms with Crippen molar-refractivity contribution in [2.75, 3.05) is 5.32 Å². The van der Waals surface area contributed by atoms with Gasteiger partial charge in [-0.2, -0.15) is 0 Å². The minimum absolute atomic E-state index is 0.117. The van der Waals surface area contributed by atoms with E-state index < -0.39 is 0 Å². The summed E-state index contributed by atoms with van der Waals surface area (Å²) in [5.41, 5.74) is 1.39. The summed E-state index contributed by atoms with van der Waals surface area (Å²) >= 11 is 0. The van der Waals surface area contributed by atoms with E-state index in [-0.39, 0.29) is 5.78 Å². The summed E-state index contributed by atoms with van der Waals surface area (Å²) < 4.78 is 0. The molecular weight excluding hydrogens is 212 g/mol. The number of ketones is 1. The van der Waals surface area contributed by atoms with Crippen LogP contribution in [0.25, 0.3) is 0 Å². The van der Waals surface area contributed by atoms with E-state index in [0.29, 0.717) is 5.69 Å². The Bertz CT molecular complexity index is 506. The number of aromatic nitrogens is 1. The number of carbonyl (C=O) groups excluding carboxylic acids is 1. The van der Waals surface area contributed by atoms with E-state index >= 15 is 0 Å². The first-order chi connectivity index (χ1) is 8.36. The van der Waals surface area contributed by atoms with Crippen LogP contribution in [-0.4, -0.2) is 10.8 Å². The summed E-state index contributed by atoms with van der Waals surface area (Å²) in [6, 6.07) is 14.9. The van der Waals surface area contributed by atoms with Gasteiger partial charge in [-0.3, -0.25) is 9.78 Å². The minimum Gasteiger partial charge on any atom is -0.362 e. The number of nitrogens with one attached hydrogen (secondary N) is 1. The van der Waals surface area contributed by atoms with Crippen LogP contribution in [0, 0.1) is 0 Å². The molecule has 0 radical (unpaired) electrons. The number of rotatable bonds is 4. The summed E-state index contributed by atoms with van der Waals surface area (Å²) in [4.78, 5) is 15.6. The number of nitrogens with zero attached hydrogens (tertiary/aromatic N) is 1. The van der Waals surface area contributed by atoms with Crippen molar-refractivity contribution >= 4 is 11.5 Å². The fraction of sp³-hybridized carbons (Fsp3) is 0. The minimum atomic E-state index is -0.117. The average molecular weight is 224 g/mol. The van der Waals surface area contributed by atoms with E-state index in [1.54, 1.807) is 30.6 Å². The van der Waals surface area contributed by atoms with Gasteiger partial charge in [0, 0.05) is 24.2 Å². The van der Waals surface area contributed by atoms with Gasteiger partial charge < -0.3 is 5.32 Å². The lowest BCUT2D eigenvalue weighted by atomic mass is 10.2. The Labute approximate surface area is 99.8 Å². The third-order valence-corrected chi connectivity index (χ3v) is 2.18. The lowest BCUT2D eigenvalue weighted by Crippen LogP contribution is -1.98. The highest BCUT2D eigenvalue weighted by atomic mass is 16.1. The molecule has 0 spiro atoms. The molecule has 84 valence electrons. The second kappa shape index (κ2) is 5.61. The molecule has 17 heavy (non-hydrogen) atoms. The topological polar surface area (TPSA) is 42.0 Å². The Hall–Kier alpha value is -2.42. The predicted molar refractivity (Wildman–Crippen MR) is 67.8 cm³/mol. The lowest BCUT2D eigenvalue weighted by molar-refractivity contribution is 0.104. The van der Waals surface area contributed by atoms with Crippen molar-refractivity contribution in [1.82, 2.24) is 4.98 Å². The first-order valence-corrected chi connectivity index (χ1v) is 5.30. The van der Waals surface area contributed by atoms with Gasteiger partial charge in [0.15, 0.2) is 0 Å². The highest BCUT2D eigenvalue weighted by Gasteiger charge is 2.00. The Balaban J connectivity index is 1.96. The molecule has 0 bridgehead atoms. The maximum absolute atomic E-state index is 11.6. The standard InChI is InChI=1S/C14H12N2O/c17-14(13-8-4-5-10-16-13)9-11-15-12-6-2-1-3-7-12/h1-11,15H/b11-9+. The van der Waals surface area contributed by atoms with E-state index in [9.17, 15) is 4.79 Å². The van der Waals surface area contributed by atoms with E-state index in [1.807, 2.05) is 30.3 Å². The van der Waals surface area contributed by atoms with Crippen LogP contribution >= 0.6 is 0 Å². The molecule has 0 amide bonds. The smallest absolute Gasteiger partial charge is 0.205 e. The number of anilines is 1. The first kappa shape index (κ1) is 11.1. The van der Waals surface area contributed by atoms with Crippen molar-refractivity contribution in [2.45, 2.75) is 0 Å². The molecule has 2 rings (SSSR count). The lowest BCUT2D eigenvalue weighted by Gasteiger charge is -1.98. The van der Waals surface area contributed by atoms with Crippen molar-refractivity contribution in [3.05, 3.63) is 72.7 Å². The maximum atomic E-state index is 11.6. The molecule has 0 atom stereocenters. The Morgan fingerprint density at radius 2 is 1.82 bits per heavy atom. The zero-order valence-corrected chi connectivity index (χ0v) is 9.21. The van der Waals surface area contributed by atoms with Gasteiger partial charge >= 0.3 is 0 Å². The molecule has 0 saturated carbocycles. The van der Waals surface area contributed by atoms with Gasteiger partial charge in [-0.1, -0.05) is 24.3 Å². The van der Waals surface area contributed by atoms with E-state index in [1.165, 1.54) is 6.08 Å². The van der Waals surface area contributed by atoms with Crippen LogP contribution in [-0.2, 0) is 0 Å². The van der Waals surface area contributed by atoms with Crippen LogP contribution in [0.1, 0.15) is 10.5 Å². The zero-order valence-electron chi connectivity index (χ0n) is 9.21. The normalized spacial score (nSPS) is 10.4. The summed E-state index contributed by atoms with van der Waals surface area (Å²) in [6.07, 6.45) is 4.69. The molecule has 3 nitrogen and oxygen atoms in total. The van der Waals surface area contributed by atoms with Gasteiger partial charge in [-0.25, -0.2) is 0 Å². The van der Waals surface area contributed by atoms with E-state index in [4.69, 9.17) is 0 Å². The van der Waals surface area contributed by atoms with Crippen LogP contribution in [0.5, 0.6) is 0 Å². The molecule has 0 aliphatic heterocycles. The van der Waals surface area contributed by atoms with Gasteiger partial charge in [-0.15, -0.1) is 0 Å². The van der Waals surface area contributed by atoms with E-state index in [2.05, 4.69) is 10.3 Å². The number of benzene rings is 1. The first-order valence-electron chi connectivity index (χ1n) is 5.30. The van der Waals surface area contributed by atoms with Gasteiger partial charge in [0.05, 0.1) is 0 Å². The molecule has 1 aromatic carbocycles. The SMILES string of the molecule is O=C(/C=C/Nc1ccccc1)c1ccccn1. The molecule has 2 aromatic rings. The Morgan fingerprint density at radius 1 is 1.06 bits per heavy atom. The molecule has 1 aromatic heterocycles. The third-order valence-electron chi connectivity index (χ3n) is 2.18. The van der Waals surface area contributed by atoms with Crippen molar-refractivity contribution in [2.24, 2.45) is 0 Å². The molecule has 0 unspecified atom stereocenters. The average Bonchev–Trinajstić information content (AvgIpc) is 2.41. The number of pyridine rings is 1. The molecular formula is C14H12N2O. The molecule has 0 fully saturated rings. The fourth-order valence-electron chi connectivity index (χ4n) is 1.34. The second-order valence-corrected chi connectivity index (χ2v) is 3.42. The number of hydrogen-bond donors (Lipinski definition) is 1. The largest absolute Gasteiger partial charge is 0.362 e. The van der Waals surface area contributed by atoms with Crippen LogP contribution in [0.15, 0.2) is 67.0 Å². The third kappa shape index (κ3) is 3.28. The molecule has 1 heterocycles. The Kier molecular flexibility index (Phi) is 3.65. The van der Waals surface area contributed by atoms with Crippen LogP contribution in [0.4, 0.5) is 5.69 Å². The molecule has 0 saturated heterocycles. The highest BCUT2D eigenvalue weighted by molar-refractivity contribution is 6.03. The zero-order chi connectivity index (χ0) is 11.9. The monoisotopic (exact) mass is 224 g/mol. The summed E-state index contributed by atoms with van der Waals surface area (Å²) in [5, 5.41) is 3.02. The van der Waals surface area contributed by atoms with Crippen LogP contribution in [0.3, 0.4) is 0 Å². The maximum Gasteiger partial charge on any atom is 0.205 e. The van der Waals surface area contributed by atoms with Gasteiger partial charge in [0.1, 0.15) is 5.69 Å². The highest BCUT2D eigenvalue weighted by Crippen LogP contribution is 2.04. The van der Waals surface area contributed by atoms with Crippen LogP contribution in [0.2, 0.25) is 0 Å². The number of hydrogen-bond acceptors (Lipinski definition) is 3. The van der Waals surface area contributed by atoms with E-state index in [0.717, 1.165) is 5.69 Å². The number of allylic oxidation sites excluding steroid dienone is 1. The molecule has 0 aliphatic carbocycles. The number of para-hydroxylation sites is 1. The summed E-state index contributed by atoms with van der Waals surface area (Å²) in [6.45, 7) is 0. The summed E-state index contributed by atoms with van der Waals surface area (Å²) in [7, 11) is 0. The quantitative estimate of drug-likeness (QED) is 0.641. The Morgan fingerprint density at radius 3 is 2.53 bits per heavy atom. The van der Waals surface area contributed by atoms with Gasteiger partial charge in [0.2, 0.25) is 5.78 Å². The van der Waals surface area contributed by atoms with Gasteiger partial charge in [0.25, 0.3) is 0 Å². The predicted octanol–water partition coefficient (Wildman–Crippen LogP) is 2.89. The molecule has 3 heteroatoms. The van der Waals surface area contributed by atoms with Crippen molar-refractivity contribution in [1.29, 1.82) is 0 Å².